The van der Waals surface area contributed by atoms with Crippen LogP contribution in [0, 0.1) is 0 Å². The first-order valence-corrected chi connectivity index (χ1v) is 18.0. The highest BCUT2D eigenvalue weighted by atomic mass is 79.9. The van der Waals surface area contributed by atoms with Gasteiger partial charge < -0.3 is 15.2 Å². The second kappa shape index (κ2) is 14.2. The Morgan fingerprint density at radius 3 is 1.57 bits per heavy atom. The van der Waals surface area contributed by atoms with Crippen molar-refractivity contribution in [2.45, 2.75) is 6.42 Å². The summed E-state index contributed by atoms with van der Waals surface area (Å²) in [4.78, 5) is 0. The van der Waals surface area contributed by atoms with Gasteiger partial charge in [-0.2, -0.15) is 0 Å². The van der Waals surface area contributed by atoms with Crippen LogP contribution in [0.5, 0.6) is 23.0 Å². The van der Waals surface area contributed by atoms with Gasteiger partial charge in [0.25, 0.3) is 0 Å². The third kappa shape index (κ3) is 6.66. The zero-order valence-corrected chi connectivity index (χ0v) is 30.3. The number of para-hydroxylation sites is 1. The fourth-order valence-electron chi connectivity index (χ4n) is 6.59. The van der Waals surface area contributed by atoms with E-state index in [9.17, 15) is 0 Å². The molecule has 0 fully saturated rings. The van der Waals surface area contributed by atoms with Gasteiger partial charge in [-0.15, -0.1) is 0 Å². The quantitative estimate of drug-likeness (QED) is 0.178. The minimum atomic E-state index is 0.618. The van der Waals surface area contributed by atoms with Crippen molar-refractivity contribution in [2.24, 2.45) is 0 Å². The Balaban J connectivity index is 0.000000125. The van der Waals surface area contributed by atoms with E-state index in [1.54, 1.807) is 12.1 Å². The molecule has 0 unspecified atom stereocenters. The molecular weight excluding hydrogens is 737 g/mol. The first-order valence-electron chi connectivity index (χ1n) is 16.5. The average Bonchev–Trinajstić information content (AvgIpc) is 3.15. The van der Waals surface area contributed by atoms with E-state index in [1.807, 2.05) is 60.7 Å². The lowest BCUT2D eigenvalue weighted by Crippen LogP contribution is -1.98. The molecule has 0 spiro atoms. The summed E-state index contributed by atoms with van der Waals surface area (Å²) in [6, 6.07) is 53.0. The predicted octanol–water partition coefficient (Wildman–Crippen LogP) is 14.2. The van der Waals surface area contributed by atoms with Crippen molar-refractivity contribution in [1.82, 2.24) is 0 Å². The zero-order valence-electron chi connectivity index (χ0n) is 27.2. The molecule has 51 heavy (non-hydrogen) atoms. The first-order chi connectivity index (χ1) is 24.9. The number of hydrogen-bond donors (Lipinski definition) is 1. The van der Waals surface area contributed by atoms with Crippen LogP contribution < -0.4 is 15.2 Å². The summed E-state index contributed by atoms with van der Waals surface area (Å²) < 4.78 is 13.3. The molecule has 2 aliphatic rings. The molecule has 8 aromatic rings. The van der Waals surface area contributed by atoms with Crippen LogP contribution in [0.2, 0.25) is 10.0 Å². The van der Waals surface area contributed by atoms with E-state index in [0.29, 0.717) is 10.7 Å². The number of nitrogen functional groups attached to an aromatic ring is 1. The highest BCUT2D eigenvalue weighted by molar-refractivity contribution is 9.10. The van der Waals surface area contributed by atoms with Gasteiger partial charge in [-0.25, -0.2) is 0 Å². The highest BCUT2D eigenvalue weighted by Gasteiger charge is 2.21. The monoisotopic (exact) mass is 765 g/mol. The van der Waals surface area contributed by atoms with Gasteiger partial charge in [0.05, 0.1) is 10.7 Å². The molecule has 6 heteroatoms. The van der Waals surface area contributed by atoms with Crippen LogP contribution in [0.15, 0.2) is 162 Å². The lowest BCUT2D eigenvalue weighted by Gasteiger charge is -2.22. The number of ether oxygens (including phenoxy) is 2. The summed E-state index contributed by atoms with van der Waals surface area (Å²) in [6.45, 7) is 0. The van der Waals surface area contributed by atoms with Crippen LogP contribution in [0.4, 0.5) is 5.69 Å². The third-order valence-corrected chi connectivity index (χ3v) is 10.2. The van der Waals surface area contributed by atoms with Crippen molar-refractivity contribution in [1.29, 1.82) is 0 Å². The van der Waals surface area contributed by atoms with Crippen molar-refractivity contribution in [3.05, 3.63) is 183 Å². The summed E-state index contributed by atoms with van der Waals surface area (Å²) in [5.74, 6) is 3.69. The minimum absolute atomic E-state index is 0.618. The van der Waals surface area contributed by atoms with E-state index >= 15 is 0 Å². The largest absolute Gasteiger partial charge is 0.456 e. The van der Waals surface area contributed by atoms with Crippen LogP contribution >= 0.6 is 39.1 Å². The van der Waals surface area contributed by atoms with Crippen molar-refractivity contribution in [3.63, 3.8) is 0 Å². The molecule has 0 bridgehead atoms. The number of hydrogen-bond acceptors (Lipinski definition) is 3. The molecule has 0 radical (unpaired) electrons. The molecule has 2 heterocycles. The zero-order chi connectivity index (χ0) is 34.9. The molecule has 0 aromatic heterocycles. The van der Waals surface area contributed by atoms with Crippen LogP contribution in [-0.4, -0.2) is 0 Å². The van der Waals surface area contributed by atoms with Gasteiger partial charge in [0.2, 0.25) is 0 Å². The Morgan fingerprint density at radius 2 is 1.00 bits per heavy atom. The second-order valence-corrected chi connectivity index (χ2v) is 14.0. The normalized spacial score (nSPS) is 11.5. The van der Waals surface area contributed by atoms with Gasteiger partial charge in [-0.1, -0.05) is 142 Å². The van der Waals surface area contributed by atoms with Gasteiger partial charge >= 0.3 is 0 Å². The predicted molar refractivity (Wildman–Crippen MR) is 217 cm³/mol. The maximum absolute atomic E-state index is 6.31. The van der Waals surface area contributed by atoms with Gasteiger partial charge in [-0.3, -0.25) is 0 Å². The maximum atomic E-state index is 6.31. The van der Waals surface area contributed by atoms with Crippen LogP contribution in [0.25, 0.3) is 43.8 Å². The van der Waals surface area contributed by atoms with Gasteiger partial charge in [0, 0.05) is 31.4 Å². The molecule has 0 aliphatic carbocycles. The minimum Gasteiger partial charge on any atom is -0.456 e. The highest BCUT2D eigenvalue weighted by Crippen LogP contribution is 2.48. The summed E-state index contributed by atoms with van der Waals surface area (Å²) in [6.07, 6.45) is 0.794. The molecule has 3 nitrogen and oxygen atoms in total. The number of nitrogens with two attached hydrogens (primary N) is 1. The van der Waals surface area contributed by atoms with Crippen molar-refractivity contribution in [2.75, 3.05) is 5.73 Å². The Kier molecular flexibility index (Phi) is 9.14. The van der Waals surface area contributed by atoms with E-state index in [1.165, 1.54) is 38.2 Å². The van der Waals surface area contributed by atoms with Crippen molar-refractivity contribution >= 4 is 66.4 Å². The van der Waals surface area contributed by atoms with E-state index in [4.69, 9.17) is 38.4 Å². The van der Waals surface area contributed by atoms with E-state index in [0.717, 1.165) is 55.6 Å². The Hall–Kier alpha value is -5.26. The van der Waals surface area contributed by atoms with Gasteiger partial charge in [0.15, 0.2) is 0 Å². The number of fused-ring (bicyclic) bond motifs is 4. The van der Waals surface area contributed by atoms with Crippen molar-refractivity contribution < 1.29 is 9.47 Å². The molecule has 0 saturated heterocycles. The molecule has 2 aliphatic heterocycles. The Labute approximate surface area is 314 Å². The fraction of sp³-hybridized carbons (Fsp3) is 0.0222. The lowest BCUT2D eigenvalue weighted by atomic mass is 9.93. The number of halogens is 3. The SMILES string of the molecule is Brc1ccc2c(c1)Oc1cccc3cccc-2c13.Clc1ccccc1Cc1ccc2c(c1)Oc1cccc3cccc-2c13.Nc1ccccc1Cl. The average molecular weight is 768 g/mol. The number of rotatable bonds is 2. The standard InChI is InChI=1S/C23H15ClO.C16H9BrO.C6H6ClN/c24-20-9-2-1-5-17(20)13-15-11-12-18-19-8-3-6-16-7-4-10-21(23(16)19)25-22(18)14-15;17-11-7-8-12-13-5-1-3-10-4-2-6-14(16(10)13)18-15(12)9-11;7-5-3-1-2-4-6(5)8/h1-12,14H,13H2;1-9H;1-4H,8H2. The summed E-state index contributed by atoms with van der Waals surface area (Å²) in [5, 5.41) is 6.24. The topological polar surface area (TPSA) is 44.5 Å². The molecule has 10 rings (SSSR count). The Bertz CT molecular complexity index is 2550. The van der Waals surface area contributed by atoms with E-state index < -0.39 is 0 Å². The Morgan fingerprint density at radius 1 is 0.471 bits per heavy atom. The molecular formula is C45H30BrCl2NO2. The van der Waals surface area contributed by atoms with E-state index in [2.05, 4.69) is 101 Å². The first kappa shape index (κ1) is 32.9. The maximum Gasteiger partial charge on any atom is 0.136 e. The summed E-state index contributed by atoms with van der Waals surface area (Å²) >= 11 is 15.4. The molecule has 0 atom stereocenters. The van der Waals surface area contributed by atoms with E-state index in [-0.39, 0.29) is 0 Å². The number of anilines is 1. The molecule has 8 aromatic carbocycles. The van der Waals surface area contributed by atoms with Crippen LogP contribution in [-0.2, 0) is 6.42 Å². The van der Waals surface area contributed by atoms with Crippen molar-refractivity contribution in [3.8, 4) is 45.3 Å². The summed E-state index contributed by atoms with van der Waals surface area (Å²) in [7, 11) is 0. The lowest BCUT2D eigenvalue weighted by molar-refractivity contribution is 0.486. The smallest absolute Gasteiger partial charge is 0.136 e. The molecule has 0 amide bonds. The molecule has 248 valence electrons. The van der Waals surface area contributed by atoms with Crippen LogP contribution in [0.3, 0.4) is 0 Å². The second-order valence-electron chi connectivity index (χ2n) is 12.3. The van der Waals surface area contributed by atoms with Gasteiger partial charge in [-0.05, 0) is 94.0 Å². The fourth-order valence-corrected chi connectivity index (χ4v) is 7.27. The molecule has 0 saturated carbocycles. The van der Waals surface area contributed by atoms with Gasteiger partial charge in [0.1, 0.15) is 23.0 Å². The number of benzene rings is 8. The molecule has 2 N–H and O–H groups in total. The van der Waals surface area contributed by atoms with Crippen LogP contribution in [0.1, 0.15) is 11.1 Å². The summed E-state index contributed by atoms with van der Waals surface area (Å²) in [5.41, 5.74) is 13.1. The third-order valence-electron chi connectivity index (χ3n) is 9.00.